The van der Waals surface area contributed by atoms with Crippen LogP contribution in [0.1, 0.15) is 43.0 Å². The van der Waals surface area contributed by atoms with Gasteiger partial charge >= 0.3 is 0 Å². The van der Waals surface area contributed by atoms with E-state index in [1.807, 2.05) is 71.0 Å². The number of nitrogens with one attached hydrogen (secondary N) is 1. The molecule has 0 saturated heterocycles. The van der Waals surface area contributed by atoms with Crippen LogP contribution in [0.25, 0.3) is 0 Å². The van der Waals surface area contributed by atoms with Gasteiger partial charge in [0.15, 0.2) is 11.5 Å². The van der Waals surface area contributed by atoms with Crippen molar-refractivity contribution in [3.8, 4) is 11.5 Å². The first-order valence-electron chi connectivity index (χ1n) is 15.8. The van der Waals surface area contributed by atoms with Crippen LogP contribution >= 0.6 is 11.6 Å². The van der Waals surface area contributed by atoms with Crippen molar-refractivity contribution >= 4 is 39.1 Å². The molecule has 4 aromatic carbocycles. The summed E-state index contributed by atoms with van der Waals surface area (Å²) in [5.74, 6) is -0.391. The molecule has 2 amide bonds. The normalized spacial score (nSPS) is 12.2. The first-order valence-corrected chi connectivity index (χ1v) is 17.7. The standard InChI is InChI=1S/C38H44ClN3O6S/c1-26-19-27(2)21-30(20-26)42(49(45,46)31-17-18-34(47-6)35(23-31)48-7)25-36(43)41(24-29-15-11-12-16-32(29)39)33(37(44)40-38(3,4)5)22-28-13-9-8-10-14-28/h8-21,23,33H,22,24-25H2,1-7H3,(H,40,44). The first kappa shape index (κ1) is 37.3. The van der Waals surface area contributed by atoms with Gasteiger partial charge in [0.2, 0.25) is 11.8 Å². The van der Waals surface area contributed by atoms with Gasteiger partial charge in [-0.25, -0.2) is 8.42 Å². The average molecular weight is 706 g/mol. The molecular weight excluding hydrogens is 662 g/mol. The van der Waals surface area contributed by atoms with Crippen LogP contribution in [0.3, 0.4) is 0 Å². The Bertz CT molecular complexity index is 1870. The Morgan fingerprint density at radius 2 is 1.45 bits per heavy atom. The minimum absolute atomic E-state index is 0.0370. The van der Waals surface area contributed by atoms with E-state index >= 15 is 0 Å². The fourth-order valence-electron chi connectivity index (χ4n) is 5.54. The molecule has 0 aliphatic carbocycles. The van der Waals surface area contributed by atoms with Gasteiger partial charge in [0.05, 0.1) is 24.8 Å². The molecule has 1 unspecified atom stereocenters. The second kappa shape index (κ2) is 15.8. The first-order chi connectivity index (χ1) is 23.1. The van der Waals surface area contributed by atoms with E-state index in [0.717, 1.165) is 21.0 Å². The SMILES string of the molecule is COc1ccc(S(=O)(=O)N(CC(=O)N(Cc2ccccc2Cl)C(Cc2ccccc2)C(=O)NC(C)(C)C)c2cc(C)cc(C)c2)cc1OC. The zero-order valence-corrected chi connectivity index (χ0v) is 30.6. The summed E-state index contributed by atoms with van der Waals surface area (Å²) in [6, 6.07) is 25.1. The highest BCUT2D eigenvalue weighted by Crippen LogP contribution is 2.33. The molecule has 0 aliphatic rings. The van der Waals surface area contributed by atoms with Crippen LogP contribution in [0.2, 0.25) is 5.02 Å². The van der Waals surface area contributed by atoms with Gasteiger partial charge in [0, 0.05) is 29.6 Å². The van der Waals surface area contributed by atoms with Crippen molar-refractivity contribution in [2.45, 2.75) is 64.1 Å². The highest BCUT2D eigenvalue weighted by Gasteiger charge is 2.36. The maximum atomic E-state index is 14.8. The molecule has 9 nitrogen and oxygen atoms in total. The maximum Gasteiger partial charge on any atom is 0.264 e. The number of hydrogen-bond acceptors (Lipinski definition) is 6. The highest BCUT2D eigenvalue weighted by molar-refractivity contribution is 7.92. The monoisotopic (exact) mass is 705 g/mol. The number of nitrogens with zero attached hydrogens (tertiary/aromatic N) is 2. The Labute approximate surface area is 294 Å². The predicted molar refractivity (Wildman–Crippen MR) is 194 cm³/mol. The lowest BCUT2D eigenvalue weighted by molar-refractivity contribution is -0.140. The summed E-state index contributed by atoms with van der Waals surface area (Å²) in [5.41, 5.74) is 2.77. The molecule has 0 radical (unpaired) electrons. The van der Waals surface area contributed by atoms with E-state index in [2.05, 4.69) is 5.32 Å². The van der Waals surface area contributed by atoms with Gasteiger partial charge in [0.25, 0.3) is 10.0 Å². The smallest absolute Gasteiger partial charge is 0.264 e. The summed E-state index contributed by atoms with van der Waals surface area (Å²) in [4.78, 5) is 30.2. The van der Waals surface area contributed by atoms with Crippen LogP contribution in [0.5, 0.6) is 11.5 Å². The van der Waals surface area contributed by atoms with Crippen LogP contribution < -0.4 is 19.1 Å². The number of ether oxygens (including phenoxy) is 2. The van der Waals surface area contributed by atoms with E-state index in [1.54, 1.807) is 36.4 Å². The molecular formula is C38H44ClN3O6S. The molecule has 4 aromatic rings. The van der Waals surface area contributed by atoms with Gasteiger partial charge < -0.3 is 19.7 Å². The van der Waals surface area contributed by atoms with Gasteiger partial charge in [-0.15, -0.1) is 0 Å². The lowest BCUT2D eigenvalue weighted by Crippen LogP contribution is -2.56. The number of methoxy groups -OCH3 is 2. The van der Waals surface area contributed by atoms with E-state index in [0.29, 0.717) is 22.0 Å². The number of hydrogen-bond donors (Lipinski definition) is 1. The van der Waals surface area contributed by atoms with Gasteiger partial charge in [0.1, 0.15) is 12.6 Å². The number of anilines is 1. The van der Waals surface area contributed by atoms with Crippen molar-refractivity contribution in [2.24, 2.45) is 0 Å². The van der Waals surface area contributed by atoms with Crippen LogP contribution in [0.4, 0.5) is 5.69 Å². The van der Waals surface area contributed by atoms with E-state index in [4.69, 9.17) is 21.1 Å². The molecule has 11 heteroatoms. The molecule has 0 saturated carbocycles. The molecule has 1 atom stereocenters. The second-order valence-electron chi connectivity index (χ2n) is 12.9. The molecule has 0 aliphatic heterocycles. The van der Waals surface area contributed by atoms with Crippen molar-refractivity contribution in [3.05, 3.63) is 118 Å². The Balaban J connectivity index is 1.88. The summed E-state index contributed by atoms with van der Waals surface area (Å²) in [7, 11) is -1.49. The van der Waals surface area contributed by atoms with Crippen molar-refractivity contribution in [1.29, 1.82) is 0 Å². The van der Waals surface area contributed by atoms with E-state index in [9.17, 15) is 18.0 Å². The third kappa shape index (κ3) is 9.55. The molecule has 0 fully saturated rings. The van der Waals surface area contributed by atoms with Crippen LogP contribution in [-0.2, 0) is 32.6 Å². The molecule has 49 heavy (non-hydrogen) atoms. The molecule has 260 valence electrons. The number of amides is 2. The lowest BCUT2D eigenvalue weighted by atomic mass is 10.0. The number of aryl methyl sites for hydroxylation is 2. The predicted octanol–water partition coefficient (Wildman–Crippen LogP) is 6.72. The number of rotatable bonds is 13. The van der Waals surface area contributed by atoms with Crippen LogP contribution in [0.15, 0.2) is 95.9 Å². The molecule has 1 N–H and O–H groups in total. The summed E-state index contributed by atoms with van der Waals surface area (Å²) in [6.45, 7) is 8.67. The third-order valence-electron chi connectivity index (χ3n) is 7.78. The van der Waals surface area contributed by atoms with Crippen molar-refractivity contribution in [1.82, 2.24) is 10.2 Å². The van der Waals surface area contributed by atoms with Gasteiger partial charge in [-0.3, -0.25) is 13.9 Å². The van der Waals surface area contributed by atoms with E-state index in [-0.39, 0.29) is 29.5 Å². The van der Waals surface area contributed by atoms with Gasteiger partial charge in [-0.2, -0.15) is 0 Å². The fourth-order valence-corrected chi connectivity index (χ4v) is 7.15. The highest BCUT2D eigenvalue weighted by atomic mass is 35.5. The number of carbonyl (C=O) groups excluding carboxylic acids is 2. The largest absolute Gasteiger partial charge is 0.493 e. The van der Waals surface area contributed by atoms with Crippen molar-refractivity contribution in [2.75, 3.05) is 25.1 Å². The van der Waals surface area contributed by atoms with Crippen molar-refractivity contribution in [3.63, 3.8) is 0 Å². The van der Waals surface area contributed by atoms with Crippen LogP contribution in [-0.4, -0.2) is 57.5 Å². The molecule has 0 bridgehead atoms. The Morgan fingerprint density at radius 1 is 0.837 bits per heavy atom. The summed E-state index contributed by atoms with van der Waals surface area (Å²) < 4.78 is 40.9. The Hall–Kier alpha value is -4.54. The Morgan fingerprint density at radius 3 is 2.04 bits per heavy atom. The van der Waals surface area contributed by atoms with Gasteiger partial charge in [-0.05, 0) is 87.2 Å². The van der Waals surface area contributed by atoms with Crippen LogP contribution in [0, 0.1) is 13.8 Å². The zero-order chi connectivity index (χ0) is 35.9. The molecule has 0 spiro atoms. The molecule has 0 heterocycles. The van der Waals surface area contributed by atoms with Crippen molar-refractivity contribution < 1.29 is 27.5 Å². The quantitative estimate of drug-likeness (QED) is 0.166. The number of sulfonamides is 1. The summed E-state index contributed by atoms with van der Waals surface area (Å²) in [6.07, 6.45) is 0.185. The second-order valence-corrected chi connectivity index (χ2v) is 15.2. The number of carbonyl (C=O) groups is 2. The fraction of sp³-hybridized carbons (Fsp3) is 0.316. The maximum absolute atomic E-state index is 14.8. The summed E-state index contributed by atoms with van der Waals surface area (Å²) >= 11 is 6.60. The summed E-state index contributed by atoms with van der Waals surface area (Å²) in [5, 5.41) is 3.45. The Kier molecular flexibility index (Phi) is 12.0. The lowest BCUT2D eigenvalue weighted by Gasteiger charge is -2.35. The number of benzene rings is 4. The molecule has 4 rings (SSSR count). The zero-order valence-electron chi connectivity index (χ0n) is 29.0. The minimum Gasteiger partial charge on any atom is -0.493 e. The third-order valence-corrected chi connectivity index (χ3v) is 9.92. The number of halogens is 1. The topological polar surface area (TPSA) is 105 Å². The van der Waals surface area contributed by atoms with Gasteiger partial charge in [-0.1, -0.05) is 66.2 Å². The van der Waals surface area contributed by atoms with E-state index < -0.39 is 34.1 Å². The molecule has 0 aromatic heterocycles. The van der Waals surface area contributed by atoms with E-state index in [1.165, 1.54) is 37.3 Å². The minimum atomic E-state index is -4.36. The average Bonchev–Trinajstić information content (AvgIpc) is 3.04.